The molecule has 86 valence electrons. The number of hydrogen-bond donors (Lipinski definition) is 0. The number of carbonyl (C=O) groups is 2. The van der Waals surface area contributed by atoms with Gasteiger partial charge in [-0.2, -0.15) is 0 Å². The predicted molar refractivity (Wildman–Crippen MR) is 61.8 cm³/mol. The molecule has 0 aromatic heterocycles. The molecule has 16 heavy (non-hydrogen) atoms. The van der Waals surface area contributed by atoms with E-state index in [1.54, 1.807) is 38.3 Å². The van der Waals surface area contributed by atoms with E-state index in [4.69, 9.17) is 4.74 Å². The van der Waals surface area contributed by atoms with E-state index in [9.17, 15) is 9.59 Å². The maximum Gasteiger partial charge on any atom is 0.163 e. The van der Waals surface area contributed by atoms with Gasteiger partial charge in [0.25, 0.3) is 0 Å². The van der Waals surface area contributed by atoms with Crippen LogP contribution in [-0.2, 0) is 4.79 Å². The van der Waals surface area contributed by atoms with Gasteiger partial charge >= 0.3 is 0 Å². The molecule has 0 saturated carbocycles. The van der Waals surface area contributed by atoms with Crippen molar-refractivity contribution in [3.05, 3.63) is 29.8 Å². The molecule has 0 fully saturated rings. The predicted octanol–water partition coefficient (Wildman–Crippen LogP) is 2.49. The van der Waals surface area contributed by atoms with Gasteiger partial charge in [-0.25, -0.2) is 0 Å². The van der Waals surface area contributed by atoms with Crippen LogP contribution in [-0.4, -0.2) is 18.7 Å². The molecule has 1 rings (SSSR count). The molecule has 0 amide bonds. The smallest absolute Gasteiger partial charge is 0.163 e. The Hall–Kier alpha value is -1.64. The fraction of sp³-hybridized carbons (Fsp3) is 0.385. The molecular formula is C13H16O3. The number of Topliss-reactive ketones (excluding diaryl/α,β-unsaturated/α-hetero) is 2. The summed E-state index contributed by atoms with van der Waals surface area (Å²) < 4.78 is 5.00. The molecule has 1 aromatic rings. The molecule has 1 atom stereocenters. The van der Waals surface area contributed by atoms with Gasteiger partial charge in [0.15, 0.2) is 5.78 Å². The third-order valence-electron chi connectivity index (χ3n) is 2.60. The third kappa shape index (κ3) is 3.19. The van der Waals surface area contributed by atoms with Crippen LogP contribution < -0.4 is 4.74 Å². The van der Waals surface area contributed by atoms with Crippen molar-refractivity contribution in [1.82, 2.24) is 0 Å². The maximum absolute atomic E-state index is 11.8. The minimum absolute atomic E-state index is 0.00893. The van der Waals surface area contributed by atoms with Gasteiger partial charge in [-0.3, -0.25) is 9.59 Å². The van der Waals surface area contributed by atoms with Gasteiger partial charge in [0.1, 0.15) is 11.5 Å². The van der Waals surface area contributed by atoms with E-state index in [1.165, 1.54) is 6.92 Å². The Kier molecular flexibility index (Phi) is 4.23. The van der Waals surface area contributed by atoms with E-state index >= 15 is 0 Å². The van der Waals surface area contributed by atoms with E-state index in [-0.39, 0.29) is 23.9 Å². The zero-order valence-corrected chi connectivity index (χ0v) is 9.82. The highest BCUT2D eigenvalue weighted by molar-refractivity contribution is 5.98. The quantitative estimate of drug-likeness (QED) is 0.716. The minimum Gasteiger partial charge on any atom is -0.497 e. The number of benzene rings is 1. The summed E-state index contributed by atoms with van der Waals surface area (Å²) in [4.78, 5) is 22.8. The van der Waals surface area contributed by atoms with E-state index < -0.39 is 0 Å². The van der Waals surface area contributed by atoms with Gasteiger partial charge in [-0.15, -0.1) is 0 Å². The second-order valence-electron chi connectivity index (χ2n) is 3.87. The number of methoxy groups -OCH3 is 1. The molecule has 0 bridgehead atoms. The molecule has 3 heteroatoms. The second-order valence-corrected chi connectivity index (χ2v) is 3.87. The molecule has 0 aliphatic carbocycles. The highest BCUT2D eigenvalue weighted by Gasteiger charge is 2.14. The van der Waals surface area contributed by atoms with Crippen molar-refractivity contribution in [3.63, 3.8) is 0 Å². The van der Waals surface area contributed by atoms with E-state index in [2.05, 4.69) is 0 Å². The van der Waals surface area contributed by atoms with Crippen LogP contribution in [0.1, 0.15) is 30.6 Å². The van der Waals surface area contributed by atoms with Gasteiger partial charge in [0.05, 0.1) is 7.11 Å². The molecule has 0 N–H and O–H groups in total. The molecule has 0 heterocycles. The SMILES string of the molecule is COc1ccc(C(=O)CC(C)C(C)=O)cc1. The van der Waals surface area contributed by atoms with Crippen LogP contribution >= 0.6 is 0 Å². The van der Waals surface area contributed by atoms with Crippen molar-refractivity contribution in [2.75, 3.05) is 7.11 Å². The number of ketones is 2. The Bertz CT molecular complexity index is 379. The summed E-state index contributed by atoms with van der Waals surface area (Å²) in [6.45, 7) is 3.27. The van der Waals surface area contributed by atoms with Crippen LogP contribution in [0, 0.1) is 5.92 Å². The van der Waals surface area contributed by atoms with Gasteiger partial charge in [0, 0.05) is 17.9 Å². The highest BCUT2D eigenvalue weighted by Crippen LogP contribution is 2.15. The van der Waals surface area contributed by atoms with Crippen molar-refractivity contribution in [3.8, 4) is 5.75 Å². The van der Waals surface area contributed by atoms with Crippen LogP contribution in [0.3, 0.4) is 0 Å². The largest absolute Gasteiger partial charge is 0.497 e. The first kappa shape index (κ1) is 12.4. The fourth-order valence-electron chi connectivity index (χ4n) is 1.32. The fourth-order valence-corrected chi connectivity index (χ4v) is 1.32. The summed E-state index contributed by atoms with van der Waals surface area (Å²) in [5.41, 5.74) is 0.619. The van der Waals surface area contributed by atoms with E-state index in [0.29, 0.717) is 5.56 Å². The zero-order valence-electron chi connectivity index (χ0n) is 9.82. The third-order valence-corrected chi connectivity index (χ3v) is 2.60. The van der Waals surface area contributed by atoms with E-state index in [1.807, 2.05) is 0 Å². The average molecular weight is 220 g/mol. The van der Waals surface area contributed by atoms with Crippen LogP contribution in [0.15, 0.2) is 24.3 Å². The molecule has 3 nitrogen and oxygen atoms in total. The van der Waals surface area contributed by atoms with Crippen LogP contribution in [0.25, 0.3) is 0 Å². The molecule has 0 radical (unpaired) electrons. The minimum atomic E-state index is -0.213. The standard InChI is InChI=1S/C13H16O3/c1-9(10(2)14)8-13(15)11-4-6-12(16-3)7-5-11/h4-7,9H,8H2,1-3H3. The summed E-state index contributed by atoms with van der Waals surface area (Å²) in [5, 5.41) is 0. The topological polar surface area (TPSA) is 43.4 Å². The lowest BCUT2D eigenvalue weighted by atomic mass is 9.97. The average Bonchev–Trinajstić information content (AvgIpc) is 2.28. The molecular weight excluding hydrogens is 204 g/mol. The highest BCUT2D eigenvalue weighted by atomic mass is 16.5. The summed E-state index contributed by atoms with van der Waals surface area (Å²) in [6.07, 6.45) is 0.266. The first-order chi connectivity index (χ1) is 7.54. The Labute approximate surface area is 95.4 Å². The summed E-state index contributed by atoms with van der Waals surface area (Å²) in [6, 6.07) is 6.92. The van der Waals surface area contributed by atoms with Gasteiger partial charge < -0.3 is 4.74 Å². The molecule has 0 aliphatic heterocycles. The van der Waals surface area contributed by atoms with Gasteiger partial charge in [-0.05, 0) is 31.2 Å². The number of carbonyl (C=O) groups excluding carboxylic acids is 2. The summed E-state index contributed by atoms with van der Waals surface area (Å²) in [5.74, 6) is 0.540. The molecule has 1 unspecified atom stereocenters. The Morgan fingerprint density at radius 3 is 2.25 bits per heavy atom. The first-order valence-corrected chi connectivity index (χ1v) is 5.22. The lowest BCUT2D eigenvalue weighted by Gasteiger charge is -2.06. The van der Waals surface area contributed by atoms with Crippen LogP contribution in [0.2, 0.25) is 0 Å². The van der Waals surface area contributed by atoms with E-state index in [0.717, 1.165) is 5.75 Å². The molecule has 0 spiro atoms. The van der Waals surface area contributed by atoms with Crippen LogP contribution in [0.5, 0.6) is 5.75 Å². The summed E-state index contributed by atoms with van der Waals surface area (Å²) in [7, 11) is 1.58. The molecule has 0 saturated heterocycles. The Balaban J connectivity index is 2.69. The Morgan fingerprint density at radius 1 is 1.25 bits per heavy atom. The van der Waals surface area contributed by atoms with Crippen molar-refractivity contribution < 1.29 is 14.3 Å². The van der Waals surface area contributed by atoms with Crippen molar-refractivity contribution in [1.29, 1.82) is 0 Å². The lowest BCUT2D eigenvalue weighted by molar-refractivity contribution is -0.120. The molecule has 0 aliphatic rings. The lowest BCUT2D eigenvalue weighted by Crippen LogP contribution is -2.12. The number of ether oxygens (including phenoxy) is 1. The number of hydrogen-bond acceptors (Lipinski definition) is 3. The maximum atomic E-state index is 11.8. The summed E-state index contributed by atoms with van der Waals surface area (Å²) >= 11 is 0. The van der Waals surface area contributed by atoms with Crippen molar-refractivity contribution >= 4 is 11.6 Å². The first-order valence-electron chi connectivity index (χ1n) is 5.22. The normalized spacial score (nSPS) is 11.9. The van der Waals surface area contributed by atoms with Crippen molar-refractivity contribution in [2.45, 2.75) is 20.3 Å². The van der Waals surface area contributed by atoms with Gasteiger partial charge in [-0.1, -0.05) is 6.92 Å². The zero-order chi connectivity index (χ0) is 12.1. The van der Waals surface area contributed by atoms with Gasteiger partial charge in [0.2, 0.25) is 0 Å². The Morgan fingerprint density at radius 2 is 1.81 bits per heavy atom. The van der Waals surface area contributed by atoms with Crippen LogP contribution in [0.4, 0.5) is 0 Å². The molecule has 1 aromatic carbocycles. The second kappa shape index (κ2) is 5.45. The number of rotatable bonds is 5. The van der Waals surface area contributed by atoms with Crippen molar-refractivity contribution in [2.24, 2.45) is 5.92 Å². The monoisotopic (exact) mass is 220 g/mol.